The van der Waals surface area contributed by atoms with Gasteiger partial charge < -0.3 is 20.8 Å². The minimum Gasteiger partial charge on any atom is -0.394 e. The maximum atomic E-state index is 12.2. The Morgan fingerprint density at radius 3 is 2.57 bits per heavy atom. The number of nitrogens with two attached hydrogens (primary N) is 1. The van der Waals surface area contributed by atoms with Gasteiger partial charge in [0.1, 0.15) is 5.82 Å². The van der Waals surface area contributed by atoms with Gasteiger partial charge in [0.05, 0.1) is 17.7 Å². The molecule has 0 saturated heterocycles. The second kappa shape index (κ2) is 7.41. The number of benzene rings is 1. The van der Waals surface area contributed by atoms with Crippen LogP contribution < -0.4 is 5.73 Å². The molecule has 6 nitrogen and oxygen atoms in total. The van der Waals surface area contributed by atoms with Crippen molar-refractivity contribution in [2.45, 2.75) is 6.10 Å². The second-order valence-electron chi connectivity index (χ2n) is 5.19. The highest BCUT2D eigenvalue weighted by atomic mass is 35.5. The molecular formula is C16H18ClN3O3. The third-order valence-electron chi connectivity index (χ3n) is 3.38. The average molecular weight is 336 g/mol. The van der Waals surface area contributed by atoms with Gasteiger partial charge in [0.15, 0.2) is 0 Å². The number of anilines is 1. The summed E-state index contributed by atoms with van der Waals surface area (Å²) >= 11 is 5.96. The number of nitrogens with zero attached hydrogens (tertiary/aromatic N) is 2. The van der Waals surface area contributed by atoms with E-state index in [0.29, 0.717) is 10.6 Å². The fourth-order valence-corrected chi connectivity index (χ4v) is 2.26. The lowest BCUT2D eigenvalue weighted by atomic mass is 10.0. The molecule has 2 rings (SSSR count). The van der Waals surface area contributed by atoms with E-state index in [1.165, 1.54) is 4.90 Å². The van der Waals surface area contributed by atoms with Crippen LogP contribution in [0.4, 0.5) is 5.82 Å². The summed E-state index contributed by atoms with van der Waals surface area (Å²) in [5, 5.41) is 18.6. The van der Waals surface area contributed by atoms with Crippen molar-refractivity contribution in [2.75, 3.05) is 25.9 Å². The Balaban J connectivity index is 2.15. The van der Waals surface area contributed by atoms with Gasteiger partial charge in [-0.2, -0.15) is 0 Å². The summed E-state index contributed by atoms with van der Waals surface area (Å²) in [4.78, 5) is 17.6. The summed E-state index contributed by atoms with van der Waals surface area (Å²) in [5.41, 5.74) is 7.72. The van der Waals surface area contributed by atoms with Gasteiger partial charge >= 0.3 is 0 Å². The van der Waals surface area contributed by atoms with E-state index in [0.717, 1.165) is 11.1 Å². The Labute approximate surface area is 139 Å². The first-order chi connectivity index (χ1) is 10.9. The number of hydrogen-bond donors (Lipinski definition) is 3. The van der Waals surface area contributed by atoms with Crippen LogP contribution in [0.2, 0.25) is 5.02 Å². The van der Waals surface area contributed by atoms with Gasteiger partial charge in [-0.05, 0) is 23.8 Å². The molecule has 0 saturated carbocycles. The molecule has 0 unspecified atom stereocenters. The molecule has 1 aromatic carbocycles. The Morgan fingerprint density at radius 2 is 2.00 bits per heavy atom. The Bertz CT molecular complexity index is 691. The van der Waals surface area contributed by atoms with Crippen LogP contribution in [-0.4, -0.2) is 52.3 Å². The first-order valence-corrected chi connectivity index (χ1v) is 7.36. The van der Waals surface area contributed by atoms with Crippen molar-refractivity contribution >= 4 is 23.3 Å². The van der Waals surface area contributed by atoms with E-state index in [-0.39, 0.29) is 24.9 Å². The molecule has 1 amide bonds. The molecule has 1 heterocycles. The minimum atomic E-state index is -0.953. The van der Waals surface area contributed by atoms with Crippen LogP contribution in [0.3, 0.4) is 0 Å². The number of amides is 1. The van der Waals surface area contributed by atoms with E-state index in [1.807, 2.05) is 0 Å². The number of nitrogen functional groups attached to an aromatic ring is 1. The summed E-state index contributed by atoms with van der Waals surface area (Å²) < 4.78 is 0. The smallest absolute Gasteiger partial charge is 0.253 e. The van der Waals surface area contributed by atoms with Gasteiger partial charge in [0.2, 0.25) is 0 Å². The first-order valence-electron chi connectivity index (χ1n) is 6.98. The zero-order chi connectivity index (χ0) is 17.0. The number of aromatic nitrogens is 1. The van der Waals surface area contributed by atoms with Gasteiger partial charge in [-0.15, -0.1) is 0 Å². The van der Waals surface area contributed by atoms with Crippen LogP contribution in [-0.2, 0) is 0 Å². The molecule has 0 bridgehead atoms. The summed E-state index contributed by atoms with van der Waals surface area (Å²) in [6.45, 7) is -0.323. The van der Waals surface area contributed by atoms with Crippen LogP contribution in [0.1, 0.15) is 10.4 Å². The monoisotopic (exact) mass is 335 g/mol. The first kappa shape index (κ1) is 17.2. The lowest BCUT2D eigenvalue weighted by molar-refractivity contribution is 0.0520. The number of aliphatic hydroxyl groups is 2. The molecule has 23 heavy (non-hydrogen) atoms. The number of halogens is 1. The lowest BCUT2D eigenvalue weighted by Gasteiger charge is -2.19. The molecule has 0 aliphatic carbocycles. The molecule has 122 valence electrons. The topological polar surface area (TPSA) is 99.7 Å². The molecule has 0 aliphatic heterocycles. The molecule has 1 atom stereocenters. The Morgan fingerprint density at radius 1 is 1.35 bits per heavy atom. The van der Waals surface area contributed by atoms with E-state index in [9.17, 15) is 9.90 Å². The van der Waals surface area contributed by atoms with Crippen molar-refractivity contribution in [3.05, 3.63) is 47.1 Å². The third kappa shape index (κ3) is 4.19. The summed E-state index contributed by atoms with van der Waals surface area (Å²) in [5.74, 6) is 0.0313. The largest absolute Gasteiger partial charge is 0.394 e. The normalized spacial score (nSPS) is 12.0. The number of likely N-dealkylation sites (N-methyl/N-ethyl adjacent to an activating group) is 1. The predicted octanol–water partition coefficient (Wildman–Crippen LogP) is 1.41. The highest BCUT2D eigenvalue weighted by Gasteiger charge is 2.15. The van der Waals surface area contributed by atoms with Gasteiger partial charge in [-0.1, -0.05) is 23.7 Å². The number of hydrogen-bond acceptors (Lipinski definition) is 5. The SMILES string of the molecule is CN(C[C@H](O)CO)C(=O)c1ccc(-c2cnc(N)c(Cl)c2)cc1. The number of pyridine rings is 1. The van der Waals surface area contributed by atoms with E-state index in [1.54, 1.807) is 43.6 Å². The molecule has 2 aromatic rings. The molecule has 0 aliphatic rings. The highest BCUT2D eigenvalue weighted by Crippen LogP contribution is 2.25. The predicted molar refractivity (Wildman–Crippen MR) is 89.1 cm³/mol. The number of rotatable bonds is 5. The van der Waals surface area contributed by atoms with Gasteiger partial charge in [-0.3, -0.25) is 4.79 Å². The van der Waals surface area contributed by atoms with Crippen molar-refractivity contribution in [3.63, 3.8) is 0 Å². The van der Waals surface area contributed by atoms with E-state index in [4.69, 9.17) is 22.4 Å². The molecule has 0 radical (unpaired) electrons. The van der Waals surface area contributed by atoms with Crippen LogP contribution in [0.15, 0.2) is 36.5 Å². The molecule has 7 heteroatoms. The number of carbonyl (C=O) groups excluding carboxylic acids is 1. The third-order valence-corrected chi connectivity index (χ3v) is 3.68. The lowest BCUT2D eigenvalue weighted by Crippen LogP contribution is -2.35. The van der Waals surface area contributed by atoms with Crippen LogP contribution in [0.25, 0.3) is 11.1 Å². The molecule has 0 fully saturated rings. The van der Waals surface area contributed by atoms with Crippen LogP contribution in [0, 0.1) is 0 Å². The van der Waals surface area contributed by atoms with E-state index >= 15 is 0 Å². The molecule has 0 spiro atoms. The van der Waals surface area contributed by atoms with E-state index < -0.39 is 6.10 Å². The van der Waals surface area contributed by atoms with Gasteiger partial charge in [0.25, 0.3) is 5.91 Å². The average Bonchev–Trinajstić information content (AvgIpc) is 2.56. The molecule has 1 aromatic heterocycles. The van der Waals surface area contributed by atoms with Crippen molar-refractivity contribution in [1.82, 2.24) is 9.88 Å². The maximum Gasteiger partial charge on any atom is 0.253 e. The van der Waals surface area contributed by atoms with Crippen molar-refractivity contribution in [1.29, 1.82) is 0 Å². The fourth-order valence-electron chi connectivity index (χ4n) is 2.09. The minimum absolute atomic E-state index is 0.0641. The Kier molecular flexibility index (Phi) is 5.54. The van der Waals surface area contributed by atoms with Crippen molar-refractivity contribution < 1.29 is 15.0 Å². The highest BCUT2D eigenvalue weighted by molar-refractivity contribution is 6.33. The summed E-state index contributed by atoms with van der Waals surface area (Å²) in [6, 6.07) is 8.65. The van der Waals surface area contributed by atoms with Crippen LogP contribution >= 0.6 is 11.6 Å². The zero-order valence-corrected chi connectivity index (χ0v) is 13.4. The van der Waals surface area contributed by atoms with Gasteiger partial charge in [-0.25, -0.2) is 4.98 Å². The fraction of sp³-hybridized carbons (Fsp3) is 0.250. The van der Waals surface area contributed by atoms with Gasteiger partial charge in [0, 0.05) is 30.9 Å². The maximum absolute atomic E-state index is 12.2. The summed E-state index contributed by atoms with van der Waals surface area (Å²) in [7, 11) is 1.57. The van der Waals surface area contributed by atoms with Crippen LogP contribution in [0.5, 0.6) is 0 Å². The second-order valence-corrected chi connectivity index (χ2v) is 5.60. The van der Waals surface area contributed by atoms with E-state index in [2.05, 4.69) is 4.98 Å². The molecule has 4 N–H and O–H groups in total. The zero-order valence-electron chi connectivity index (χ0n) is 12.6. The summed E-state index contributed by atoms with van der Waals surface area (Å²) in [6.07, 6.45) is 0.660. The van der Waals surface area contributed by atoms with Crippen molar-refractivity contribution in [2.24, 2.45) is 0 Å². The van der Waals surface area contributed by atoms with Crippen molar-refractivity contribution in [3.8, 4) is 11.1 Å². The number of aliphatic hydroxyl groups excluding tert-OH is 2. The standard InChI is InChI=1S/C16H18ClN3O3/c1-20(8-13(22)9-21)16(23)11-4-2-10(3-5-11)12-6-14(17)15(18)19-7-12/h2-7,13,21-22H,8-9H2,1H3,(H2,18,19)/t13-/m0/s1. The Hall–Kier alpha value is -2.15. The number of carbonyl (C=O) groups is 1. The molecular weight excluding hydrogens is 318 g/mol. The quantitative estimate of drug-likeness (QED) is 0.767.